The number of nitrogen functional groups attached to an aromatic ring is 1. The summed E-state index contributed by atoms with van der Waals surface area (Å²) in [6, 6.07) is 1.75. The first-order valence-electron chi connectivity index (χ1n) is 4.95. The molecule has 0 aliphatic rings. The minimum absolute atomic E-state index is 0.0841. The molecule has 0 aliphatic carbocycles. The second kappa shape index (κ2) is 4.26. The molecule has 0 aliphatic heterocycles. The standard InChI is InChI=1S/C10H18N4/c1-4-10(3,5-2)14-9-6-8(11)12-7-13-9/h6-7H,4-5H2,1-3H3,(H3,11,12,13,14). The maximum atomic E-state index is 5.57. The van der Waals surface area contributed by atoms with Crippen LogP contribution in [0.2, 0.25) is 0 Å². The lowest BCUT2D eigenvalue weighted by Gasteiger charge is -2.28. The van der Waals surface area contributed by atoms with Gasteiger partial charge in [0.2, 0.25) is 0 Å². The fourth-order valence-corrected chi connectivity index (χ4v) is 1.18. The van der Waals surface area contributed by atoms with Crippen LogP contribution in [0, 0.1) is 0 Å². The van der Waals surface area contributed by atoms with Gasteiger partial charge in [0.05, 0.1) is 0 Å². The maximum Gasteiger partial charge on any atom is 0.131 e. The third kappa shape index (κ3) is 2.58. The van der Waals surface area contributed by atoms with Gasteiger partial charge in [-0.15, -0.1) is 0 Å². The third-order valence-corrected chi connectivity index (χ3v) is 2.68. The second-order valence-corrected chi connectivity index (χ2v) is 3.72. The van der Waals surface area contributed by atoms with Crippen molar-refractivity contribution < 1.29 is 0 Å². The van der Waals surface area contributed by atoms with Crippen molar-refractivity contribution in [3.8, 4) is 0 Å². The van der Waals surface area contributed by atoms with E-state index in [0.29, 0.717) is 5.82 Å². The molecule has 4 heteroatoms. The lowest BCUT2D eigenvalue weighted by molar-refractivity contribution is 0.476. The largest absolute Gasteiger partial charge is 0.384 e. The summed E-state index contributed by atoms with van der Waals surface area (Å²) in [5, 5.41) is 3.36. The molecule has 0 radical (unpaired) electrons. The fraction of sp³-hybridized carbons (Fsp3) is 0.600. The number of nitrogens with one attached hydrogen (secondary N) is 1. The highest BCUT2D eigenvalue weighted by atomic mass is 15.1. The highest BCUT2D eigenvalue weighted by molar-refractivity contribution is 5.44. The smallest absolute Gasteiger partial charge is 0.131 e. The molecule has 0 saturated carbocycles. The predicted molar refractivity (Wildman–Crippen MR) is 59.1 cm³/mol. The topological polar surface area (TPSA) is 63.8 Å². The number of hydrogen-bond acceptors (Lipinski definition) is 4. The summed E-state index contributed by atoms with van der Waals surface area (Å²) in [6.45, 7) is 6.48. The maximum absolute atomic E-state index is 5.57. The normalized spacial score (nSPS) is 11.4. The van der Waals surface area contributed by atoms with Gasteiger partial charge in [-0.3, -0.25) is 0 Å². The molecule has 78 valence electrons. The number of hydrogen-bond donors (Lipinski definition) is 2. The van der Waals surface area contributed by atoms with Gasteiger partial charge >= 0.3 is 0 Å². The van der Waals surface area contributed by atoms with Crippen LogP contribution in [0.4, 0.5) is 11.6 Å². The Morgan fingerprint density at radius 3 is 2.50 bits per heavy atom. The Balaban J connectivity index is 2.77. The molecule has 1 aromatic heterocycles. The molecule has 1 heterocycles. The number of aromatic nitrogens is 2. The van der Waals surface area contributed by atoms with E-state index in [2.05, 4.69) is 36.1 Å². The zero-order valence-electron chi connectivity index (χ0n) is 9.04. The van der Waals surface area contributed by atoms with E-state index in [1.165, 1.54) is 6.33 Å². The van der Waals surface area contributed by atoms with Crippen molar-refractivity contribution in [1.82, 2.24) is 9.97 Å². The van der Waals surface area contributed by atoms with Crippen molar-refractivity contribution in [3.05, 3.63) is 12.4 Å². The van der Waals surface area contributed by atoms with Gasteiger partial charge in [0.1, 0.15) is 18.0 Å². The van der Waals surface area contributed by atoms with Crippen LogP contribution in [-0.4, -0.2) is 15.5 Å². The van der Waals surface area contributed by atoms with E-state index in [1.807, 2.05) is 0 Å². The summed E-state index contributed by atoms with van der Waals surface area (Å²) in [5.74, 6) is 1.29. The molecule has 3 N–H and O–H groups in total. The Labute approximate surface area is 85.0 Å². The van der Waals surface area contributed by atoms with E-state index in [1.54, 1.807) is 6.07 Å². The zero-order valence-corrected chi connectivity index (χ0v) is 9.04. The molecular weight excluding hydrogens is 176 g/mol. The fourth-order valence-electron chi connectivity index (χ4n) is 1.18. The minimum atomic E-state index is 0.0841. The van der Waals surface area contributed by atoms with Gasteiger partial charge in [-0.2, -0.15) is 0 Å². The first-order chi connectivity index (χ1) is 6.59. The van der Waals surface area contributed by atoms with Crippen LogP contribution in [0.3, 0.4) is 0 Å². The van der Waals surface area contributed by atoms with Crippen molar-refractivity contribution in [2.24, 2.45) is 0 Å². The van der Waals surface area contributed by atoms with Gasteiger partial charge in [-0.05, 0) is 19.8 Å². The molecule has 1 rings (SSSR count). The summed E-state index contributed by atoms with van der Waals surface area (Å²) < 4.78 is 0. The average molecular weight is 194 g/mol. The van der Waals surface area contributed by atoms with Crippen molar-refractivity contribution in [1.29, 1.82) is 0 Å². The molecule has 4 nitrogen and oxygen atoms in total. The summed E-state index contributed by atoms with van der Waals surface area (Å²) in [6.07, 6.45) is 3.57. The predicted octanol–water partition coefficient (Wildman–Crippen LogP) is 2.05. The van der Waals surface area contributed by atoms with Crippen LogP contribution < -0.4 is 11.1 Å². The van der Waals surface area contributed by atoms with Crippen LogP contribution >= 0.6 is 0 Å². The Bertz CT molecular complexity index is 294. The molecule has 0 amide bonds. The molecule has 0 aromatic carbocycles. The van der Waals surface area contributed by atoms with Gasteiger partial charge in [-0.1, -0.05) is 13.8 Å². The van der Waals surface area contributed by atoms with Gasteiger partial charge in [0, 0.05) is 11.6 Å². The summed E-state index contributed by atoms with van der Waals surface area (Å²) in [5.41, 5.74) is 5.65. The Morgan fingerprint density at radius 1 is 1.36 bits per heavy atom. The average Bonchev–Trinajstić information content (AvgIpc) is 2.18. The monoisotopic (exact) mass is 194 g/mol. The van der Waals surface area contributed by atoms with Gasteiger partial charge in [0.15, 0.2) is 0 Å². The Morgan fingerprint density at radius 2 is 2.00 bits per heavy atom. The summed E-state index contributed by atoms with van der Waals surface area (Å²) in [7, 11) is 0. The van der Waals surface area contributed by atoms with Crippen LogP contribution in [0.25, 0.3) is 0 Å². The van der Waals surface area contributed by atoms with Gasteiger partial charge in [-0.25, -0.2) is 9.97 Å². The van der Waals surface area contributed by atoms with Gasteiger partial charge < -0.3 is 11.1 Å². The molecular formula is C10H18N4. The lowest BCUT2D eigenvalue weighted by Crippen LogP contribution is -2.33. The Kier molecular flexibility index (Phi) is 3.28. The van der Waals surface area contributed by atoms with Crippen LogP contribution in [0.15, 0.2) is 12.4 Å². The van der Waals surface area contributed by atoms with Crippen LogP contribution in [-0.2, 0) is 0 Å². The van der Waals surface area contributed by atoms with E-state index in [4.69, 9.17) is 5.73 Å². The SMILES string of the molecule is CCC(C)(CC)Nc1cc(N)ncn1. The van der Waals surface area contributed by atoms with Gasteiger partial charge in [0.25, 0.3) is 0 Å². The minimum Gasteiger partial charge on any atom is -0.384 e. The van der Waals surface area contributed by atoms with Crippen molar-refractivity contribution in [2.45, 2.75) is 39.2 Å². The second-order valence-electron chi connectivity index (χ2n) is 3.72. The number of nitrogens with zero attached hydrogens (tertiary/aromatic N) is 2. The summed E-state index contributed by atoms with van der Waals surface area (Å²) in [4.78, 5) is 7.97. The van der Waals surface area contributed by atoms with Crippen molar-refractivity contribution in [2.75, 3.05) is 11.1 Å². The molecule has 14 heavy (non-hydrogen) atoms. The highest BCUT2D eigenvalue weighted by Crippen LogP contribution is 2.20. The van der Waals surface area contributed by atoms with E-state index in [9.17, 15) is 0 Å². The molecule has 0 fully saturated rings. The summed E-state index contributed by atoms with van der Waals surface area (Å²) >= 11 is 0. The van der Waals surface area contributed by atoms with E-state index in [0.717, 1.165) is 18.7 Å². The van der Waals surface area contributed by atoms with E-state index in [-0.39, 0.29) is 5.54 Å². The molecule has 0 atom stereocenters. The number of anilines is 2. The van der Waals surface area contributed by atoms with E-state index < -0.39 is 0 Å². The number of nitrogens with two attached hydrogens (primary N) is 1. The first-order valence-corrected chi connectivity index (χ1v) is 4.95. The molecule has 0 bridgehead atoms. The molecule has 1 aromatic rings. The molecule has 0 spiro atoms. The number of rotatable bonds is 4. The highest BCUT2D eigenvalue weighted by Gasteiger charge is 2.19. The third-order valence-electron chi connectivity index (χ3n) is 2.68. The lowest BCUT2D eigenvalue weighted by atomic mass is 9.96. The molecule has 0 saturated heterocycles. The zero-order chi connectivity index (χ0) is 10.6. The van der Waals surface area contributed by atoms with Crippen LogP contribution in [0.5, 0.6) is 0 Å². The Hall–Kier alpha value is -1.32. The first kappa shape index (κ1) is 10.8. The van der Waals surface area contributed by atoms with Crippen molar-refractivity contribution in [3.63, 3.8) is 0 Å². The van der Waals surface area contributed by atoms with Crippen LogP contribution in [0.1, 0.15) is 33.6 Å². The quantitative estimate of drug-likeness (QED) is 0.770. The molecule has 0 unspecified atom stereocenters. The van der Waals surface area contributed by atoms with Crippen molar-refractivity contribution >= 4 is 11.6 Å². The van der Waals surface area contributed by atoms with E-state index >= 15 is 0 Å².